The second-order valence-corrected chi connectivity index (χ2v) is 12.7. The second-order valence-electron chi connectivity index (χ2n) is 12.7. The van der Waals surface area contributed by atoms with E-state index in [9.17, 15) is 0 Å². The Morgan fingerprint density at radius 2 is 0.542 bits per heavy atom. The van der Waals surface area contributed by atoms with Crippen molar-refractivity contribution in [2.75, 3.05) is 0 Å². The van der Waals surface area contributed by atoms with E-state index in [0.29, 0.717) is 0 Å². The van der Waals surface area contributed by atoms with Gasteiger partial charge in [0.1, 0.15) is 10.8 Å². The van der Waals surface area contributed by atoms with Gasteiger partial charge in [-0.3, -0.25) is 0 Å². The summed E-state index contributed by atoms with van der Waals surface area (Å²) in [4.78, 5) is 0. The van der Waals surface area contributed by atoms with Crippen LogP contribution in [0.25, 0.3) is 0 Å². The molecule has 6 aliphatic rings. The molecule has 0 N–H and O–H groups in total. The third-order valence-corrected chi connectivity index (χ3v) is 10.7. The summed E-state index contributed by atoms with van der Waals surface area (Å²) in [6.07, 6.45) is 11.0. The average molecular weight is 605 g/mol. The summed E-state index contributed by atoms with van der Waals surface area (Å²) < 4.78 is 0. The third kappa shape index (κ3) is 3.50. The van der Waals surface area contributed by atoms with Crippen molar-refractivity contribution < 1.29 is 0 Å². The predicted octanol–water partition coefficient (Wildman–Crippen LogP) is 8.93. The maximum absolute atomic E-state index is 5.51. The van der Waals surface area contributed by atoms with Crippen LogP contribution in [0.15, 0.2) is 146 Å². The van der Waals surface area contributed by atoms with Gasteiger partial charge in [0.2, 0.25) is 0 Å². The quantitative estimate of drug-likeness (QED) is 0.152. The van der Waals surface area contributed by atoms with Gasteiger partial charge in [0, 0.05) is 11.8 Å². The van der Waals surface area contributed by atoms with Crippen molar-refractivity contribution in [1.82, 2.24) is 0 Å². The molecule has 0 amide bonds. The Kier molecular flexibility index (Phi) is 6.12. The van der Waals surface area contributed by atoms with Gasteiger partial charge in [-0.25, -0.2) is 0 Å². The lowest BCUT2D eigenvalue weighted by Gasteiger charge is -2.48. The maximum atomic E-state index is 5.51. The molecule has 6 aromatic carbocycles. The van der Waals surface area contributed by atoms with Gasteiger partial charge in [0.25, 0.3) is 0 Å². The number of rotatable bonds is 0. The topological polar surface area (TPSA) is 0 Å². The van der Waals surface area contributed by atoms with Crippen LogP contribution in [-0.2, 0) is 10.8 Å². The molecule has 0 radical (unpaired) electrons. The van der Waals surface area contributed by atoms with E-state index in [1.807, 2.05) is 0 Å². The van der Waals surface area contributed by atoms with Crippen LogP contribution in [0.4, 0.5) is 0 Å². The van der Waals surface area contributed by atoms with Crippen LogP contribution >= 0.6 is 0 Å². The van der Waals surface area contributed by atoms with Crippen molar-refractivity contribution >= 4 is 0 Å². The van der Waals surface area contributed by atoms with Gasteiger partial charge in [-0.2, -0.15) is 0 Å². The van der Waals surface area contributed by atoms with Gasteiger partial charge in [-0.15, -0.1) is 12.8 Å². The minimum atomic E-state index is -0.467. The summed E-state index contributed by atoms with van der Waals surface area (Å²) in [5.41, 5.74) is 14.8. The summed E-state index contributed by atoms with van der Waals surface area (Å²) in [6, 6.07) is 52.0. The minimum Gasteiger partial charge on any atom is -0.106 e. The highest BCUT2D eigenvalue weighted by atomic mass is 14.5. The van der Waals surface area contributed by atoms with Crippen molar-refractivity contribution in [3.63, 3.8) is 0 Å². The summed E-state index contributed by atoms with van der Waals surface area (Å²) in [6.45, 7) is 0. The van der Waals surface area contributed by atoms with Crippen LogP contribution in [0.5, 0.6) is 0 Å². The smallest absolute Gasteiger partial charge is 0.106 e. The van der Waals surface area contributed by atoms with E-state index in [1.54, 1.807) is 0 Å². The Hall–Kier alpha value is -6.44. The van der Waals surface area contributed by atoms with E-state index in [0.717, 1.165) is 0 Å². The molecule has 6 aromatic rings. The first-order valence-corrected chi connectivity index (χ1v) is 16.3. The Labute approximate surface area is 282 Å². The lowest BCUT2D eigenvalue weighted by Crippen LogP contribution is -2.41. The normalized spacial score (nSPS) is 21.5. The molecule has 4 bridgehead atoms. The van der Waals surface area contributed by atoms with Crippen LogP contribution < -0.4 is 0 Å². The number of terminal acetylenes is 2. The largest absolute Gasteiger partial charge is 0.108 e. The Morgan fingerprint density at radius 3 is 0.750 bits per heavy atom. The van der Waals surface area contributed by atoms with Crippen molar-refractivity contribution in [3.05, 3.63) is 212 Å². The molecule has 0 saturated heterocycles. The fraction of sp³-hybridized carbons (Fsp3) is 0.0833. The third-order valence-electron chi connectivity index (χ3n) is 10.7. The van der Waals surface area contributed by atoms with Crippen molar-refractivity contribution in [2.24, 2.45) is 0 Å². The molecule has 6 aliphatic carbocycles. The standard InChI is InChI=1S/2C24H14/c2*1-2-3-16-24-20-13-7-4-10-17(20)23(18-11-5-8-14-21(18)24)19-12-6-9-15-22(19)24/h2*1,4-15,23H. The fourth-order valence-corrected chi connectivity index (χ4v) is 9.08. The van der Waals surface area contributed by atoms with E-state index < -0.39 is 10.8 Å². The van der Waals surface area contributed by atoms with Crippen molar-refractivity contribution in [1.29, 1.82) is 0 Å². The zero-order valence-electron chi connectivity index (χ0n) is 26.2. The molecule has 0 fully saturated rings. The molecule has 0 aliphatic heterocycles. The Morgan fingerprint density at radius 1 is 0.333 bits per heavy atom. The van der Waals surface area contributed by atoms with Gasteiger partial charge in [-0.05, 0) is 90.4 Å². The molecule has 0 heteroatoms. The van der Waals surface area contributed by atoms with Gasteiger partial charge in [0.05, 0.1) is 0 Å². The van der Waals surface area contributed by atoms with Gasteiger partial charge in [-0.1, -0.05) is 157 Å². The molecule has 12 rings (SSSR count). The number of benzene rings is 6. The molecule has 0 nitrogen and oxygen atoms in total. The average Bonchev–Trinajstić information content (AvgIpc) is 3.16. The lowest BCUT2D eigenvalue weighted by molar-refractivity contribution is 0.666. The highest BCUT2D eigenvalue weighted by Crippen LogP contribution is 2.60. The van der Waals surface area contributed by atoms with Crippen LogP contribution in [0.1, 0.15) is 78.6 Å². The van der Waals surface area contributed by atoms with E-state index in [4.69, 9.17) is 12.8 Å². The van der Waals surface area contributed by atoms with Gasteiger partial charge >= 0.3 is 0 Å². The summed E-state index contributed by atoms with van der Waals surface area (Å²) >= 11 is 0. The maximum Gasteiger partial charge on any atom is 0.108 e. The van der Waals surface area contributed by atoms with E-state index in [2.05, 4.69) is 181 Å². The van der Waals surface area contributed by atoms with Crippen molar-refractivity contribution in [2.45, 2.75) is 22.7 Å². The molecular formula is C48H28. The predicted molar refractivity (Wildman–Crippen MR) is 194 cm³/mol. The van der Waals surface area contributed by atoms with E-state index in [1.165, 1.54) is 66.8 Å². The van der Waals surface area contributed by atoms with E-state index >= 15 is 0 Å². The Bertz CT molecular complexity index is 2110. The summed E-state index contributed by atoms with van der Waals surface area (Å²) in [5.74, 6) is 18.4. The molecule has 0 spiro atoms. The minimum absolute atomic E-state index is 0.281. The Balaban J connectivity index is 0.000000131. The molecular weight excluding hydrogens is 577 g/mol. The molecule has 0 saturated carbocycles. The lowest BCUT2D eigenvalue weighted by atomic mass is 9.53. The van der Waals surface area contributed by atoms with Crippen LogP contribution in [0.3, 0.4) is 0 Å². The van der Waals surface area contributed by atoms with Crippen molar-refractivity contribution in [3.8, 4) is 48.4 Å². The first-order chi connectivity index (χ1) is 23.8. The molecule has 48 heavy (non-hydrogen) atoms. The number of hydrogen-bond donors (Lipinski definition) is 0. The molecule has 0 unspecified atom stereocenters. The molecule has 0 heterocycles. The second kappa shape index (κ2) is 10.6. The number of hydrogen-bond acceptors (Lipinski definition) is 0. The fourth-order valence-electron chi connectivity index (χ4n) is 9.08. The SMILES string of the molecule is C#CC#CC12c3ccccc3C(c3ccccc31)c1ccccc12.C#CC#CC12c3ccccc3C(c3ccccc31)c1ccccc12. The monoisotopic (exact) mass is 604 g/mol. The van der Waals surface area contributed by atoms with Crippen LogP contribution in [-0.4, -0.2) is 0 Å². The van der Waals surface area contributed by atoms with Gasteiger partial charge in [0.15, 0.2) is 0 Å². The summed E-state index contributed by atoms with van der Waals surface area (Å²) in [5, 5.41) is 0. The van der Waals surface area contributed by atoms with Crippen LogP contribution in [0.2, 0.25) is 0 Å². The zero-order chi connectivity index (χ0) is 32.3. The van der Waals surface area contributed by atoms with E-state index in [-0.39, 0.29) is 11.8 Å². The molecule has 0 atom stereocenters. The summed E-state index contributed by atoms with van der Waals surface area (Å²) in [7, 11) is 0. The first-order valence-electron chi connectivity index (χ1n) is 16.3. The highest BCUT2D eigenvalue weighted by Gasteiger charge is 2.52. The molecule has 220 valence electrons. The highest BCUT2D eigenvalue weighted by molar-refractivity contribution is 5.77. The van der Waals surface area contributed by atoms with Gasteiger partial charge < -0.3 is 0 Å². The first kappa shape index (κ1) is 27.8. The molecule has 0 aromatic heterocycles. The zero-order valence-corrected chi connectivity index (χ0v) is 26.2. The van der Waals surface area contributed by atoms with Crippen LogP contribution in [0, 0.1) is 48.4 Å².